The van der Waals surface area contributed by atoms with Gasteiger partial charge in [-0.15, -0.1) is 16.4 Å². The van der Waals surface area contributed by atoms with E-state index in [1.165, 1.54) is 16.6 Å². The Hall–Kier alpha value is -1.74. The molecule has 3 aromatic heterocycles. The number of aromatic nitrogens is 6. The van der Waals surface area contributed by atoms with Crippen LogP contribution in [0.4, 0.5) is 0 Å². The molecule has 1 atom stereocenters. The second kappa shape index (κ2) is 8.30. The number of aromatic amines is 1. The SMILES string of the molecule is CCCn1nnnc1CSc1nc2sc(C)c(C[C@H](C)CC)c2c(=O)[nH]1. The van der Waals surface area contributed by atoms with E-state index in [0.717, 1.165) is 47.4 Å². The summed E-state index contributed by atoms with van der Waals surface area (Å²) in [5, 5.41) is 13.2. The van der Waals surface area contributed by atoms with Crippen LogP contribution in [0.3, 0.4) is 0 Å². The van der Waals surface area contributed by atoms with Gasteiger partial charge in [-0.1, -0.05) is 39.0 Å². The van der Waals surface area contributed by atoms with Crippen molar-refractivity contribution in [3.63, 3.8) is 0 Å². The molecular formula is C17H24N6OS2. The van der Waals surface area contributed by atoms with Gasteiger partial charge in [-0.05, 0) is 41.7 Å². The third-order valence-electron chi connectivity index (χ3n) is 4.47. The lowest BCUT2D eigenvalue weighted by Crippen LogP contribution is -2.11. The summed E-state index contributed by atoms with van der Waals surface area (Å²) in [6.45, 7) is 9.35. The summed E-state index contributed by atoms with van der Waals surface area (Å²) in [6, 6.07) is 0. The van der Waals surface area contributed by atoms with Crippen LogP contribution in [0.25, 0.3) is 10.2 Å². The number of fused-ring (bicyclic) bond motifs is 1. The topological polar surface area (TPSA) is 89.3 Å². The lowest BCUT2D eigenvalue weighted by atomic mass is 9.98. The molecule has 0 saturated carbocycles. The Bertz CT molecular complexity index is 945. The molecule has 26 heavy (non-hydrogen) atoms. The number of nitrogens with one attached hydrogen (secondary N) is 1. The smallest absolute Gasteiger partial charge is 0.260 e. The van der Waals surface area contributed by atoms with Crippen LogP contribution in [0.1, 0.15) is 49.9 Å². The molecule has 0 spiro atoms. The summed E-state index contributed by atoms with van der Waals surface area (Å²) in [5.74, 6) is 1.92. The maximum atomic E-state index is 12.7. The van der Waals surface area contributed by atoms with Crippen molar-refractivity contribution in [2.24, 2.45) is 5.92 Å². The first-order chi connectivity index (χ1) is 12.5. The van der Waals surface area contributed by atoms with E-state index in [-0.39, 0.29) is 5.56 Å². The summed E-state index contributed by atoms with van der Waals surface area (Å²) in [7, 11) is 0. The first-order valence-electron chi connectivity index (χ1n) is 8.93. The average Bonchev–Trinajstić information content (AvgIpc) is 3.18. The minimum absolute atomic E-state index is 0.0479. The molecule has 0 unspecified atom stereocenters. The Kier molecular flexibility index (Phi) is 6.08. The van der Waals surface area contributed by atoms with Crippen LogP contribution in [0.5, 0.6) is 0 Å². The molecule has 1 N–H and O–H groups in total. The van der Waals surface area contributed by atoms with Crippen molar-refractivity contribution in [1.82, 2.24) is 30.2 Å². The summed E-state index contributed by atoms with van der Waals surface area (Å²) >= 11 is 3.06. The molecule has 3 aromatic rings. The third-order valence-corrected chi connectivity index (χ3v) is 6.38. The van der Waals surface area contributed by atoms with Crippen molar-refractivity contribution in [2.45, 2.75) is 64.4 Å². The summed E-state index contributed by atoms with van der Waals surface area (Å²) in [6.07, 6.45) is 2.99. The zero-order valence-electron chi connectivity index (χ0n) is 15.6. The second-order valence-corrected chi connectivity index (χ2v) is 8.68. The van der Waals surface area contributed by atoms with Gasteiger partial charge in [0, 0.05) is 11.4 Å². The number of rotatable bonds is 8. The molecule has 0 radical (unpaired) electrons. The Morgan fingerprint density at radius 3 is 2.88 bits per heavy atom. The van der Waals surface area contributed by atoms with E-state index < -0.39 is 0 Å². The van der Waals surface area contributed by atoms with Crippen molar-refractivity contribution >= 4 is 33.3 Å². The highest BCUT2D eigenvalue weighted by atomic mass is 32.2. The highest BCUT2D eigenvalue weighted by Crippen LogP contribution is 2.30. The Morgan fingerprint density at radius 2 is 2.15 bits per heavy atom. The summed E-state index contributed by atoms with van der Waals surface area (Å²) < 4.78 is 1.79. The van der Waals surface area contributed by atoms with Crippen molar-refractivity contribution in [2.75, 3.05) is 0 Å². The van der Waals surface area contributed by atoms with E-state index in [4.69, 9.17) is 0 Å². The van der Waals surface area contributed by atoms with Gasteiger partial charge in [-0.3, -0.25) is 4.79 Å². The maximum absolute atomic E-state index is 12.7. The fraction of sp³-hybridized carbons (Fsp3) is 0.588. The van der Waals surface area contributed by atoms with Gasteiger partial charge >= 0.3 is 0 Å². The molecule has 3 heterocycles. The summed E-state index contributed by atoms with van der Waals surface area (Å²) in [4.78, 5) is 22.3. The van der Waals surface area contributed by atoms with Gasteiger partial charge in [0.15, 0.2) is 11.0 Å². The van der Waals surface area contributed by atoms with Crippen molar-refractivity contribution < 1.29 is 0 Å². The highest BCUT2D eigenvalue weighted by molar-refractivity contribution is 7.98. The predicted octanol–water partition coefficient (Wildman–Crippen LogP) is 3.57. The number of aryl methyl sites for hydroxylation is 2. The molecule has 0 aliphatic carbocycles. The number of hydrogen-bond donors (Lipinski definition) is 1. The molecule has 0 saturated heterocycles. The predicted molar refractivity (Wildman–Crippen MR) is 106 cm³/mol. The van der Waals surface area contributed by atoms with Gasteiger partial charge in [-0.25, -0.2) is 9.67 Å². The van der Waals surface area contributed by atoms with E-state index in [2.05, 4.69) is 53.2 Å². The molecule has 0 bridgehead atoms. The minimum atomic E-state index is -0.0479. The molecule has 0 amide bonds. The molecule has 140 valence electrons. The van der Waals surface area contributed by atoms with Crippen LogP contribution >= 0.6 is 23.1 Å². The zero-order valence-corrected chi connectivity index (χ0v) is 17.2. The standard InChI is InChI=1S/C17H24N6OS2/c1-5-7-23-13(20-21-22-23)9-25-17-18-15(24)14-12(8-10(3)6-2)11(4)26-16(14)19-17/h10H,5-9H2,1-4H3,(H,18,19,24)/t10-/m1/s1. The molecule has 0 aromatic carbocycles. The van der Waals surface area contributed by atoms with Gasteiger partial charge in [0.1, 0.15) is 4.83 Å². The Labute approximate surface area is 160 Å². The van der Waals surface area contributed by atoms with Crippen LogP contribution in [0.15, 0.2) is 9.95 Å². The number of thioether (sulfide) groups is 1. The van der Waals surface area contributed by atoms with Crippen LogP contribution in [-0.4, -0.2) is 30.2 Å². The van der Waals surface area contributed by atoms with E-state index in [1.54, 1.807) is 16.0 Å². The molecule has 3 rings (SSSR count). The Morgan fingerprint density at radius 1 is 1.35 bits per heavy atom. The molecule has 0 fully saturated rings. The van der Waals surface area contributed by atoms with Gasteiger partial charge in [0.2, 0.25) is 0 Å². The van der Waals surface area contributed by atoms with Crippen LogP contribution in [0.2, 0.25) is 0 Å². The van der Waals surface area contributed by atoms with E-state index in [1.807, 2.05) is 0 Å². The van der Waals surface area contributed by atoms with E-state index in [0.29, 0.717) is 16.8 Å². The first-order valence-corrected chi connectivity index (χ1v) is 10.7. The fourth-order valence-electron chi connectivity index (χ4n) is 2.81. The van der Waals surface area contributed by atoms with Gasteiger partial charge < -0.3 is 4.98 Å². The lowest BCUT2D eigenvalue weighted by Gasteiger charge is -2.08. The van der Waals surface area contributed by atoms with Gasteiger partial charge in [0.25, 0.3) is 5.56 Å². The van der Waals surface area contributed by atoms with Crippen LogP contribution in [-0.2, 0) is 18.7 Å². The zero-order chi connectivity index (χ0) is 18.7. The third kappa shape index (κ3) is 3.98. The number of hydrogen-bond acceptors (Lipinski definition) is 7. The normalized spacial score (nSPS) is 12.8. The van der Waals surface area contributed by atoms with Crippen LogP contribution < -0.4 is 5.56 Å². The van der Waals surface area contributed by atoms with Gasteiger partial charge in [0.05, 0.1) is 11.1 Å². The molecule has 9 heteroatoms. The Balaban J connectivity index is 1.85. The molecule has 0 aliphatic heterocycles. The maximum Gasteiger partial charge on any atom is 0.260 e. The number of tetrazole rings is 1. The second-order valence-electron chi connectivity index (χ2n) is 6.51. The van der Waals surface area contributed by atoms with E-state index in [9.17, 15) is 4.79 Å². The largest absolute Gasteiger partial charge is 0.301 e. The molecule has 7 nitrogen and oxygen atoms in total. The lowest BCUT2D eigenvalue weighted by molar-refractivity contribution is 0.561. The van der Waals surface area contributed by atoms with Crippen molar-refractivity contribution in [3.8, 4) is 0 Å². The quantitative estimate of drug-likeness (QED) is 0.466. The van der Waals surface area contributed by atoms with Crippen molar-refractivity contribution in [1.29, 1.82) is 0 Å². The number of nitrogens with zero attached hydrogens (tertiary/aromatic N) is 5. The minimum Gasteiger partial charge on any atom is -0.301 e. The molecule has 0 aliphatic rings. The first kappa shape index (κ1) is 19.0. The monoisotopic (exact) mass is 392 g/mol. The molecular weight excluding hydrogens is 368 g/mol. The van der Waals surface area contributed by atoms with Crippen LogP contribution in [0, 0.1) is 12.8 Å². The highest BCUT2D eigenvalue weighted by Gasteiger charge is 2.17. The van der Waals surface area contributed by atoms with Crippen molar-refractivity contribution in [3.05, 3.63) is 26.6 Å². The number of thiophene rings is 1. The summed E-state index contributed by atoms with van der Waals surface area (Å²) in [5.41, 5.74) is 1.10. The number of H-pyrrole nitrogens is 1. The fourth-order valence-corrected chi connectivity index (χ4v) is 4.71. The van der Waals surface area contributed by atoms with E-state index >= 15 is 0 Å². The average molecular weight is 393 g/mol. The van der Waals surface area contributed by atoms with Gasteiger partial charge in [-0.2, -0.15) is 0 Å².